The van der Waals surface area contributed by atoms with Crippen molar-refractivity contribution in [3.63, 3.8) is 0 Å². The number of para-hydroxylation sites is 1. The number of nitriles is 1. The van der Waals surface area contributed by atoms with Gasteiger partial charge in [-0.25, -0.2) is 9.18 Å². The summed E-state index contributed by atoms with van der Waals surface area (Å²) >= 11 is 0. The number of amides is 3. The van der Waals surface area contributed by atoms with E-state index in [1.54, 1.807) is 6.07 Å². The molecule has 0 saturated heterocycles. The Kier molecular flexibility index (Phi) is 7.20. The zero-order valence-corrected chi connectivity index (χ0v) is 19.0. The Morgan fingerprint density at radius 3 is 2.49 bits per heavy atom. The second-order valence-corrected chi connectivity index (χ2v) is 8.51. The highest BCUT2D eigenvalue weighted by Crippen LogP contribution is 2.31. The number of hydrogen-bond donors (Lipinski definition) is 0. The first-order valence-corrected chi connectivity index (χ1v) is 11.5. The van der Waals surface area contributed by atoms with Gasteiger partial charge in [-0.2, -0.15) is 5.26 Å². The maximum Gasteiger partial charge on any atom is 0.338 e. The Morgan fingerprint density at radius 2 is 1.77 bits per heavy atom. The number of imide groups is 1. The summed E-state index contributed by atoms with van der Waals surface area (Å²) in [6.07, 6.45) is 4.51. The molecule has 180 valence electrons. The fraction of sp³-hybridized carbons (Fsp3) is 0.346. The Hall–Kier alpha value is -4.06. The van der Waals surface area contributed by atoms with Gasteiger partial charge in [0.1, 0.15) is 5.82 Å². The molecule has 4 rings (SSSR count). The lowest BCUT2D eigenvalue weighted by atomic mass is 9.94. The number of carbonyl (C=O) groups is 4. The number of nitrogens with zero attached hydrogens (tertiary/aromatic N) is 3. The van der Waals surface area contributed by atoms with Gasteiger partial charge in [0.25, 0.3) is 17.7 Å². The number of halogens is 1. The van der Waals surface area contributed by atoms with Crippen molar-refractivity contribution in [1.82, 2.24) is 4.90 Å². The van der Waals surface area contributed by atoms with E-state index in [-0.39, 0.29) is 47.3 Å². The van der Waals surface area contributed by atoms with Gasteiger partial charge in [-0.1, -0.05) is 31.4 Å². The number of carbonyl (C=O) groups excluding carboxylic acids is 4. The molecule has 0 unspecified atom stereocenters. The molecule has 0 radical (unpaired) electrons. The first-order chi connectivity index (χ1) is 16.9. The van der Waals surface area contributed by atoms with Gasteiger partial charge in [-0.05, 0) is 43.2 Å². The molecule has 0 aromatic heterocycles. The molecule has 1 fully saturated rings. The molecule has 0 atom stereocenters. The van der Waals surface area contributed by atoms with E-state index in [1.165, 1.54) is 41.3 Å². The van der Waals surface area contributed by atoms with Crippen LogP contribution in [-0.2, 0) is 9.53 Å². The zero-order valence-electron chi connectivity index (χ0n) is 19.0. The summed E-state index contributed by atoms with van der Waals surface area (Å²) in [5.74, 6) is -2.98. The van der Waals surface area contributed by atoms with Crippen molar-refractivity contribution in [2.24, 2.45) is 0 Å². The van der Waals surface area contributed by atoms with Crippen molar-refractivity contribution in [3.05, 3.63) is 65.0 Å². The van der Waals surface area contributed by atoms with E-state index in [4.69, 9.17) is 10.00 Å². The molecule has 9 heteroatoms. The first kappa shape index (κ1) is 24.1. The number of rotatable bonds is 7. The number of ether oxygens (including phenoxy) is 1. The maximum atomic E-state index is 14.2. The molecule has 2 aliphatic rings. The Balaban J connectivity index is 1.45. The van der Waals surface area contributed by atoms with Crippen LogP contribution in [-0.4, -0.2) is 47.8 Å². The van der Waals surface area contributed by atoms with Crippen LogP contribution in [0.25, 0.3) is 0 Å². The number of benzene rings is 2. The zero-order chi connectivity index (χ0) is 24.9. The van der Waals surface area contributed by atoms with E-state index in [0.717, 1.165) is 37.0 Å². The molecule has 2 aromatic rings. The van der Waals surface area contributed by atoms with Gasteiger partial charge in [0.05, 0.1) is 34.9 Å². The lowest BCUT2D eigenvalue weighted by Gasteiger charge is -2.29. The molecule has 1 saturated carbocycles. The molecular formula is C26H24FN3O5. The molecule has 35 heavy (non-hydrogen) atoms. The second-order valence-electron chi connectivity index (χ2n) is 8.51. The van der Waals surface area contributed by atoms with Crippen molar-refractivity contribution >= 4 is 29.4 Å². The van der Waals surface area contributed by atoms with E-state index in [2.05, 4.69) is 0 Å². The third-order valence-electron chi connectivity index (χ3n) is 6.31. The third-order valence-corrected chi connectivity index (χ3v) is 6.31. The Labute approximate surface area is 201 Å². The van der Waals surface area contributed by atoms with Crippen LogP contribution in [0.3, 0.4) is 0 Å². The number of anilines is 1. The summed E-state index contributed by atoms with van der Waals surface area (Å²) in [6.45, 7) is -0.753. The van der Waals surface area contributed by atoms with Crippen molar-refractivity contribution in [1.29, 1.82) is 5.26 Å². The lowest BCUT2D eigenvalue weighted by Crippen LogP contribution is -2.40. The van der Waals surface area contributed by atoms with E-state index in [1.807, 2.05) is 6.07 Å². The van der Waals surface area contributed by atoms with Crippen LogP contribution in [0.15, 0.2) is 42.5 Å². The molecule has 2 aromatic carbocycles. The highest BCUT2D eigenvalue weighted by atomic mass is 19.1. The SMILES string of the molecule is N#CCCN(C(=O)COC(=O)c1ccc2c(c1)C(=O)N(C1CCCCC1)C2=O)c1ccccc1F. The van der Waals surface area contributed by atoms with Gasteiger partial charge in [-0.3, -0.25) is 19.3 Å². The first-order valence-electron chi connectivity index (χ1n) is 11.5. The van der Waals surface area contributed by atoms with E-state index in [9.17, 15) is 23.6 Å². The van der Waals surface area contributed by atoms with Gasteiger partial charge in [0.2, 0.25) is 0 Å². The van der Waals surface area contributed by atoms with Crippen LogP contribution in [0.4, 0.5) is 10.1 Å². The average Bonchev–Trinajstić information content (AvgIpc) is 3.13. The minimum atomic E-state index is -0.855. The highest BCUT2D eigenvalue weighted by Gasteiger charge is 2.40. The maximum absolute atomic E-state index is 14.2. The van der Waals surface area contributed by atoms with Crippen molar-refractivity contribution in [3.8, 4) is 6.07 Å². The van der Waals surface area contributed by atoms with Gasteiger partial charge in [0, 0.05) is 12.6 Å². The number of fused-ring (bicyclic) bond motifs is 1. The highest BCUT2D eigenvalue weighted by molar-refractivity contribution is 6.22. The minimum absolute atomic E-state index is 0.0201. The number of hydrogen-bond acceptors (Lipinski definition) is 6. The van der Waals surface area contributed by atoms with Crippen molar-refractivity contribution in [2.75, 3.05) is 18.1 Å². The van der Waals surface area contributed by atoms with Gasteiger partial charge >= 0.3 is 5.97 Å². The average molecular weight is 477 g/mol. The van der Waals surface area contributed by atoms with Crippen molar-refractivity contribution in [2.45, 2.75) is 44.6 Å². The standard InChI is InChI=1S/C26H24FN3O5/c27-21-9-4-5-10-22(21)29(14-6-13-28)23(31)16-35-26(34)17-11-12-19-20(15-17)25(33)30(24(19)32)18-7-2-1-3-8-18/h4-5,9-12,15,18H,1-3,6-8,14,16H2. The van der Waals surface area contributed by atoms with Crippen LogP contribution in [0.1, 0.15) is 69.6 Å². The largest absolute Gasteiger partial charge is 0.452 e. The smallest absolute Gasteiger partial charge is 0.338 e. The van der Waals surface area contributed by atoms with Crippen LogP contribution >= 0.6 is 0 Å². The Bertz CT molecular complexity index is 1220. The molecule has 1 aliphatic carbocycles. The molecule has 0 N–H and O–H groups in total. The number of esters is 1. The molecule has 8 nitrogen and oxygen atoms in total. The summed E-state index contributed by atoms with van der Waals surface area (Å²) in [5.41, 5.74) is 0.393. The van der Waals surface area contributed by atoms with Crippen LogP contribution in [0, 0.1) is 17.1 Å². The van der Waals surface area contributed by atoms with Gasteiger partial charge in [-0.15, -0.1) is 0 Å². The van der Waals surface area contributed by atoms with Gasteiger partial charge < -0.3 is 9.64 Å². The molecule has 0 bridgehead atoms. The quantitative estimate of drug-likeness (QED) is 0.443. The summed E-state index contributed by atoms with van der Waals surface area (Å²) in [5, 5.41) is 8.88. The molecule has 3 amide bonds. The van der Waals surface area contributed by atoms with Gasteiger partial charge in [0.15, 0.2) is 6.61 Å². The Morgan fingerprint density at radius 1 is 1.06 bits per heavy atom. The third kappa shape index (κ3) is 4.92. The predicted octanol–water partition coefficient (Wildman–Crippen LogP) is 3.86. The molecular weight excluding hydrogens is 453 g/mol. The fourth-order valence-corrected chi connectivity index (χ4v) is 4.56. The van der Waals surface area contributed by atoms with Crippen LogP contribution in [0.2, 0.25) is 0 Å². The molecule has 1 aliphatic heterocycles. The van der Waals surface area contributed by atoms with E-state index < -0.39 is 30.2 Å². The summed E-state index contributed by atoms with van der Waals surface area (Å²) in [4.78, 5) is 53.5. The summed E-state index contributed by atoms with van der Waals surface area (Å²) in [6, 6.07) is 11.5. The van der Waals surface area contributed by atoms with Crippen molar-refractivity contribution < 1.29 is 28.3 Å². The molecule has 0 spiro atoms. The minimum Gasteiger partial charge on any atom is -0.452 e. The molecule has 1 heterocycles. The van der Waals surface area contributed by atoms with Crippen LogP contribution in [0.5, 0.6) is 0 Å². The summed E-state index contributed by atoms with van der Waals surface area (Å²) in [7, 11) is 0. The second kappa shape index (κ2) is 10.5. The predicted molar refractivity (Wildman–Crippen MR) is 123 cm³/mol. The normalized spacial score (nSPS) is 15.5. The van der Waals surface area contributed by atoms with Crippen LogP contribution < -0.4 is 4.90 Å². The van der Waals surface area contributed by atoms with E-state index >= 15 is 0 Å². The topological polar surface area (TPSA) is 108 Å². The fourth-order valence-electron chi connectivity index (χ4n) is 4.56. The summed E-state index contributed by atoms with van der Waals surface area (Å²) < 4.78 is 19.3. The lowest BCUT2D eigenvalue weighted by molar-refractivity contribution is -0.121. The monoisotopic (exact) mass is 477 g/mol. The van der Waals surface area contributed by atoms with E-state index in [0.29, 0.717) is 0 Å².